The molecule has 2 rings (SSSR count). The molecule has 7 heteroatoms. The second-order valence-electron chi connectivity index (χ2n) is 5.15. The summed E-state index contributed by atoms with van der Waals surface area (Å²) in [6.45, 7) is 0.697. The van der Waals surface area contributed by atoms with Crippen molar-refractivity contribution >= 4 is 35.1 Å². The molecule has 2 amide bonds. The smallest absolute Gasteiger partial charge is 0.319 e. The molecular weight excluding hydrogens is 324 g/mol. The van der Waals surface area contributed by atoms with Gasteiger partial charge in [-0.05, 0) is 36.5 Å². The van der Waals surface area contributed by atoms with Crippen molar-refractivity contribution in [2.75, 3.05) is 36.6 Å². The van der Waals surface area contributed by atoms with Crippen molar-refractivity contribution in [3.05, 3.63) is 29.3 Å². The Morgan fingerprint density at radius 1 is 1.36 bits per heavy atom. The maximum Gasteiger partial charge on any atom is 0.319 e. The number of para-hydroxylation sites is 1. The molecule has 3 N–H and O–H groups in total. The number of rotatable bonds is 6. The van der Waals surface area contributed by atoms with E-state index in [1.54, 1.807) is 12.1 Å². The fraction of sp³-hybridized carbons (Fsp3) is 0.533. The van der Waals surface area contributed by atoms with Crippen LogP contribution in [0.4, 0.5) is 10.5 Å². The Morgan fingerprint density at radius 3 is 2.77 bits per heavy atom. The molecule has 0 spiro atoms. The molecule has 5 nitrogen and oxygen atoms in total. The van der Waals surface area contributed by atoms with Gasteiger partial charge >= 0.3 is 6.03 Å². The van der Waals surface area contributed by atoms with Crippen molar-refractivity contribution in [3.63, 3.8) is 0 Å². The lowest BCUT2D eigenvalue weighted by molar-refractivity contribution is -0.0601. The van der Waals surface area contributed by atoms with Crippen molar-refractivity contribution in [1.82, 2.24) is 5.32 Å². The highest BCUT2D eigenvalue weighted by Gasteiger charge is 2.33. The quantitative estimate of drug-likeness (QED) is 0.742. The van der Waals surface area contributed by atoms with Crippen LogP contribution < -0.4 is 10.6 Å². The Bertz CT molecular complexity index is 495. The Hall–Kier alpha value is -0.950. The summed E-state index contributed by atoms with van der Waals surface area (Å²) in [5, 5.41) is 15.1. The highest BCUT2D eigenvalue weighted by molar-refractivity contribution is 7.99. The maximum atomic E-state index is 12.0. The lowest BCUT2D eigenvalue weighted by Crippen LogP contribution is -2.48. The van der Waals surface area contributed by atoms with Gasteiger partial charge < -0.3 is 20.5 Å². The normalized spacial score (nSPS) is 17.0. The van der Waals surface area contributed by atoms with Gasteiger partial charge in [-0.2, -0.15) is 11.8 Å². The number of hydrogen-bond acceptors (Lipinski definition) is 4. The summed E-state index contributed by atoms with van der Waals surface area (Å²) in [4.78, 5) is 12.0. The number of aliphatic hydroxyl groups excluding tert-OH is 1. The molecule has 1 saturated heterocycles. The zero-order valence-electron chi connectivity index (χ0n) is 12.3. The summed E-state index contributed by atoms with van der Waals surface area (Å²) < 4.78 is 5.81. The van der Waals surface area contributed by atoms with Gasteiger partial charge in [0.25, 0.3) is 0 Å². The second kappa shape index (κ2) is 8.62. The van der Waals surface area contributed by atoms with Gasteiger partial charge in [0, 0.05) is 6.54 Å². The van der Waals surface area contributed by atoms with E-state index in [0.717, 1.165) is 24.3 Å². The number of nitrogens with one attached hydrogen (secondary N) is 2. The maximum absolute atomic E-state index is 12.0. The van der Waals surface area contributed by atoms with Gasteiger partial charge in [0.05, 0.1) is 29.5 Å². The highest BCUT2D eigenvalue weighted by atomic mass is 35.5. The summed E-state index contributed by atoms with van der Waals surface area (Å²) in [6, 6.07) is 6.78. The Morgan fingerprint density at radius 2 is 2.09 bits per heavy atom. The third kappa shape index (κ3) is 5.05. The lowest BCUT2D eigenvalue weighted by atomic mass is 9.96. The molecule has 0 radical (unpaired) electrons. The van der Waals surface area contributed by atoms with Gasteiger partial charge in [0.1, 0.15) is 0 Å². The van der Waals surface area contributed by atoms with Crippen molar-refractivity contribution < 1.29 is 14.6 Å². The van der Waals surface area contributed by atoms with Crippen molar-refractivity contribution in [1.29, 1.82) is 0 Å². The summed E-state index contributed by atoms with van der Waals surface area (Å²) in [5.74, 6) is 2.00. The number of aliphatic hydroxyl groups is 1. The number of carbonyl (C=O) groups is 1. The van der Waals surface area contributed by atoms with Gasteiger partial charge in [-0.3, -0.25) is 0 Å². The summed E-state index contributed by atoms with van der Waals surface area (Å²) in [7, 11) is 0. The summed E-state index contributed by atoms with van der Waals surface area (Å²) in [5.41, 5.74) is 0.192. The minimum absolute atomic E-state index is 0.0132. The van der Waals surface area contributed by atoms with E-state index < -0.39 is 0 Å². The van der Waals surface area contributed by atoms with Crippen molar-refractivity contribution in [2.24, 2.45) is 0 Å². The van der Waals surface area contributed by atoms with Crippen LogP contribution in [0.1, 0.15) is 12.8 Å². The van der Waals surface area contributed by atoms with E-state index in [9.17, 15) is 4.79 Å². The first-order valence-corrected chi connectivity index (χ1v) is 8.80. The third-order valence-corrected chi connectivity index (χ3v) is 4.91. The number of anilines is 1. The fourth-order valence-electron chi connectivity index (χ4n) is 2.35. The van der Waals surface area contributed by atoms with E-state index in [-0.39, 0.29) is 18.2 Å². The molecule has 0 saturated carbocycles. The predicted molar refractivity (Wildman–Crippen MR) is 90.8 cm³/mol. The molecule has 1 aliphatic heterocycles. The second-order valence-corrected chi connectivity index (χ2v) is 6.79. The number of urea groups is 1. The number of thioether (sulfide) groups is 1. The Kier molecular flexibility index (Phi) is 6.82. The van der Waals surface area contributed by atoms with Crippen LogP contribution in [0.25, 0.3) is 0 Å². The van der Waals surface area contributed by atoms with Crippen LogP contribution in [0.2, 0.25) is 5.02 Å². The number of amides is 2. The monoisotopic (exact) mass is 344 g/mol. The Balaban J connectivity index is 1.88. The van der Waals surface area contributed by atoms with Crippen LogP contribution in [0.3, 0.4) is 0 Å². The number of ether oxygens (including phenoxy) is 1. The van der Waals surface area contributed by atoms with Crippen molar-refractivity contribution in [3.8, 4) is 0 Å². The van der Waals surface area contributed by atoms with E-state index >= 15 is 0 Å². The largest absolute Gasteiger partial charge is 0.394 e. The van der Waals surface area contributed by atoms with Crippen LogP contribution in [0.15, 0.2) is 24.3 Å². The molecule has 122 valence electrons. The molecule has 1 heterocycles. The number of benzene rings is 1. The molecule has 1 fully saturated rings. The molecule has 1 aromatic carbocycles. The van der Waals surface area contributed by atoms with Crippen LogP contribution in [-0.2, 0) is 4.74 Å². The van der Waals surface area contributed by atoms with Gasteiger partial charge in [-0.25, -0.2) is 4.79 Å². The molecule has 0 aromatic heterocycles. The zero-order valence-corrected chi connectivity index (χ0v) is 13.9. The minimum Gasteiger partial charge on any atom is -0.394 e. The molecule has 22 heavy (non-hydrogen) atoms. The topological polar surface area (TPSA) is 70.6 Å². The molecule has 0 atom stereocenters. The third-order valence-electron chi connectivity index (χ3n) is 3.60. The molecule has 1 aromatic rings. The standard InChI is InChI=1S/C15H21ClN2O3S/c16-12-3-1-2-4-13(12)18-14(20)17-11-15(21-8-7-19)5-9-22-10-6-15/h1-4,19H,5-11H2,(H2,17,18,20). The fourth-order valence-corrected chi connectivity index (χ4v) is 3.77. The first-order chi connectivity index (χ1) is 10.7. The lowest BCUT2D eigenvalue weighted by Gasteiger charge is -2.37. The van der Waals surface area contributed by atoms with Crippen molar-refractivity contribution in [2.45, 2.75) is 18.4 Å². The van der Waals surface area contributed by atoms with Gasteiger partial charge in [-0.1, -0.05) is 23.7 Å². The van der Waals surface area contributed by atoms with E-state index in [4.69, 9.17) is 21.4 Å². The van der Waals surface area contributed by atoms with E-state index in [0.29, 0.717) is 23.9 Å². The van der Waals surface area contributed by atoms with Gasteiger partial charge in [-0.15, -0.1) is 0 Å². The number of hydrogen-bond donors (Lipinski definition) is 3. The number of halogens is 1. The van der Waals surface area contributed by atoms with Crippen LogP contribution in [-0.4, -0.2) is 48.0 Å². The van der Waals surface area contributed by atoms with Crippen LogP contribution in [0, 0.1) is 0 Å². The number of carbonyl (C=O) groups excluding carboxylic acids is 1. The minimum atomic E-state index is -0.383. The van der Waals surface area contributed by atoms with Crippen LogP contribution >= 0.6 is 23.4 Å². The van der Waals surface area contributed by atoms with Crippen LogP contribution in [0.5, 0.6) is 0 Å². The average Bonchev–Trinajstić information content (AvgIpc) is 2.54. The van der Waals surface area contributed by atoms with Gasteiger partial charge in [0.2, 0.25) is 0 Å². The molecule has 0 bridgehead atoms. The average molecular weight is 345 g/mol. The molecular formula is C15H21ClN2O3S. The first-order valence-electron chi connectivity index (χ1n) is 7.27. The Labute approximate surface area is 139 Å². The SMILES string of the molecule is O=C(NCC1(OCCO)CCSCC1)Nc1ccccc1Cl. The molecule has 1 aliphatic rings. The molecule has 0 aliphatic carbocycles. The van der Waals surface area contributed by atoms with E-state index in [1.807, 2.05) is 23.9 Å². The van der Waals surface area contributed by atoms with Gasteiger partial charge in [0.15, 0.2) is 0 Å². The zero-order chi connectivity index (χ0) is 15.8. The predicted octanol–water partition coefficient (Wildman–Crippen LogP) is 2.74. The van der Waals surface area contributed by atoms with E-state index in [2.05, 4.69) is 10.6 Å². The summed E-state index contributed by atoms with van der Waals surface area (Å²) >= 11 is 7.90. The highest BCUT2D eigenvalue weighted by Crippen LogP contribution is 2.30. The van der Waals surface area contributed by atoms with E-state index in [1.165, 1.54) is 0 Å². The molecule has 0 unspecified atom stereocenters. The first kappa shape index (κ1) is 17.4. The summed E-state index contributed by atoms with van der Waals surface area (Å²) in [6.07, 6.45) is 1.73.